The molecule has 0 radical (unpaired) electrons. The van der Waals surface area contributed by atoms with Gasteiger partial charge in [-0.15, -0.1) is 0 Å². The van der Waals surface area contributed by atoms with Gasteiger partial charge in [0.15, 0.2) is 9.84 Å². The quantitative estimate of drug-likeness (QED) is 0.761. The third-order valence-electron chi connectivity index (χ3n) is 2.99. The molecule has 2 nitrogen and oxygen atoms in total. The highest BCUT2D eigenvalue weighted by Crippen LogP contribution is 2.30. The number of benzene rings is 1. The maximum Gasteiger partial charge on any atom is 0.178 e. The first-order valence-electron chi connectivity index (χ1n) is 5.71. The number of halogens is 2. The van der Waals surface area contributed by atoms with Crippen LogP contribution in [0.2, 0.25) is 5.02 Å². The van der Waals surface area contributed by atoms with Crippen molar-refractivity contribution in [3.8, 4) is 0 Å². The molecule has 0 saturated heterocycles. The molecule has 0 aliphatic heterocycles. The van der Waals surface area contributed by atoms with E-state index in [2.05, 4.69) is 15.9 Å². The van der Waals surface area contributed by atoms with Gasteiger partial charge in [0.05, 0.1) is 10.6 Å². The van der Waals surface area contributed by atoms with Crippen molar-refractivity contribution in [2.45, 2.75) is 25.7 Å². The van der Waals surface area contributed by atoms with Gasteiger partial charge in [0, 0.05) is 10.4 Å². The first kappa shape index (κ1) is 16.0. The van der Waals surface area contributed by atoms with E-state index in [1.807, 2.05) is 20.8 Å². The van der Waals surface area contributed by atoms with Crippen molar-refractivity contribution in [3.05, 3.63) is 29.3 Å². The first-order chi connectivity index (χ1) is 8.16. The summed E-state index contributed by atoms with van der Waals surface area (Å²) >= 11 is 9.24. The van der Waals surface area contributed by atoms with Crippen molar-refractivity contribution < 1.29 is 8.42 Å². The van der Waals surface area contributed by atoms with E-state index in [0.29, 0.717) is 15.2 Å². The maximum atomic E-state index is 12.3. The average Bonchev–Trinajstić information content (AvgIpc) is 2.24. The van der Waals surface area contributed by atoms with Crippen LogP contribution >= 0.6 is 27.5 Å². The molecule has 1 aromatic rings. The lowest BCUT2D eigenvalue weighted by Gasteiger charge is -2.28. The minimum atomic E-state index is -3.29. The third-order valence-corrected chi connectivity index (χ3v) is 5.82. The summed E-state index contributed by atoms with van der Waals surface area (Å²) in [5.74, 6) is 0.184. The smallest absolute Gasteiger partial charge is 0.178 e. The molecule has 0 fully saturated rings. The van der Waals surface area contributed by atoms with Crippen LogP contribution in [0.25, 0.3) is 0 Å². The van der Waals surface area contributed by atoms with E-state index in [4.69, 9.17) is 11.6 Å². The maximum absolute atomic E-state index is 12.3. The molecule has 0 aliphatic carbocycles. The zero-order chi connectivity index (χ0) is 14.0. The zero-order valence-corrected chi connectivity index (χ0v) is 13.9. The van der Waals surface area contributed by atoms with Gasteiger partial charge < -0.3 is 0 Å². The molecule has 0 N–H and O–H groups in total. The summed E-state index contributed by atoms with van der Waals surface area (Å²) in [5.41, 5.74) is -0.0604. The summed E-state index contributed by atoms with van der Waals surface area (Å²) in [6, 6.07) is 6.43. The molecule has 0 saturated carbocycles. The molecule has 0 spiro atoms. The molecule has 102 valence electrons. The van der Waals surface area contributed by atoms with Crippen molar-refractivity contribution in [1.82, 2.24) is 0 Å². The molecule has 1 unspecified atom stereocenters. The molecule has 1 atom stereocenters. The van der Waals surface area contributed by atoms with Crippen molar-refractivity contribution in [1.29, 1.82) is 0 Å². The number of hydrogen-bond acceptors (Lipinski definition) is 2. The van der Waals surface area contributed by atoms with E-state index < -0.39 is 9.84 Å². The topological polar surface area (TPSA) is 34.1 Å². The molecule has 0 aromatic heterocycles. The Balaban J connectivity index is 3.02. The average molecular weight is 354 g/mol. The minimum absolute atomic E-state index is 0.0569. The fourth-order valence-electron chi connectivity index (χ4n) is 1.55. The van der Waals surface area contributed by atoms with E-state index in [1.54, 1.807) is 18.2 Å². The summed E-state index contributed by atoms with van der Waals surface area (Å²) < 4.78 is 24.6. The Morgan fingerprint density at radius 3 is 2.39 bits per heavy atom. The van der Waals surface area contributed by atoms with E-state index in [1.165, 1.54) is 6.07 Å². The van der Waals surface area contributed by atoms with Crippen molar-refractivity contribution in [2.24, 2.45) is 11.3 Å². The Morgan fingerprint density at radius 2 is 1.94 bits per heavy atom. The lowest BCUT2D eigenvalue weighted by molar-refractivity contribution is 0.291. The van der Waals surface area contributed by atoms with E-state index in [-0.39, 0.29) is 17.1 Å². The monoisotopic (exact) mass is 352 g/mol. The van der Waals surface area contributed by atoms with Crippen LogP contribution in [0.3, 0.4) is 0 Å². The summed E-state index contributed by atoms with van der Waals surface area (Å²) in [5, 5.41) is 1.11. The van der Waals surface area contributed by atoms with Gasteiger partial charge in [-0.2, -0.15) is 0 Å². The van der Waals surface area contributed by atoms with Gasteiger partial charge in [-0.1, -0.05) is 54.4 Å². The molecule has 0 aliphatic rings. The Labute approximate surface area is 123 Å². The number of rotatable bonds is 4. The second-order valence-corrected chi connectivity index (χ2v) is 8.57. The molecular weight excluding hydrogens is 336 g/mol. The molecule has 0 heterocycles. The lowest BCUT2D eigenvalue weighted by Crippen LogP contribution is -2.29. The van der Waals surface area contributed by atoms with E-state index >= 15 is 0 Å². The van der Waals surface area contributed by atoms with Gasteiger partial charge in [0.2, 0.25) is 0 Å². The standard InChI is InChI=1S/C13H18BrClO2S/c1-13(2,3)10(8-14)9-18(16,17)12-6-4-5-11(15)7-12/h4-7,10H,8-9H2,1-3H3. The van der Waals surface area contributed by atoms with Crippen molar-refractivity contribution in [2.75, 3.05) is 11.1 Å². The van der Waals surface area contributed by atoms with Gasteiger partial charge in [-0.25, -0.2) is 8.42 Å². The Morgan fingerprint density at radius 1 is 1.33 bits per heavy atom. The fraction of sp³-hybridized carbons (Fsp3) is 0.538. The number of sulfone groups is 1. The highest BCUT2D eigenvalue weighted by atomic mass is 79.9. The van der Waals surface area contributed by atoms with Gasteiger partial charge in [0.1, 0.15) is 0 Å². The van der Waals surface area contributed by atoms with Crippen LogP contribution in [-0.4, -0.2) is 19.5 Å². The molecular formula is C13H18BrClO2S. The summed E-state index contributed by atoms with van der Waals surface area (Å²) in [7, 11) is -3.29. The van der Waals surface area contributed by atoms with Crippen LogP contribution < -0.4 is 0 Å². The second-order valence-electron chi connectivity index (χ2n) is 5.46. The van der Waals surface area contributed by atoms with E-state index in [0.717, 1.165) is 0 Å². The molecule has 0 bridgehead atoms. The first-order valence-corrected chi connectivity index (χ1v) is 8.86. The zero-order valence-electron chi connectivity index (χ0n) is 10.8. The highest BCUT2D eigenvalue weighted by Gasteiger charge is 2.29. The van der Waals surface area contributed by atoms with Crippen LogP contribution in [0.4, 0.5) is 0 Å². The van der Waals surface area contributed by atoms with Crippen molar-refractivity contribution >= 4 is 37.4 Å². The molecule has 18 heavy (non-hydrogen) atoms. The van der Waals surface area contributed by atoms with Gasteiger partial charge >= 0.3 is 0 Å². The highest BCUT2D eigenvalue weighted by molar-refractivity contribution is 9.09. The molecule has 5 heteroatoms. The Kier molecular flexibility index (Phi) is 5.27. The number of hydrogen-bond donors (Lipinski definition) is 0. The minimum Gasteiger partial charge on any atom is -0.224 e. The Hall–Kier alpha value is -0.0600. The molecule has 1 rings (SSSR count). The van der Waals surface area contributed by atoms with Crippen LogP contribution in [-0.2, 0) is 9.84 Å². The van der Waals surface area contributed by atoms with Crippen LogP contribution in [0.15, 0.2) is 29.2 Å². The fourth-order valence-corrected chi connectivity index (χ4v) is 5.24. The normalized spacial score (nSPS) is 14.5. The predicted molar refractivity (Wildman–Crippen MR) is 80.2 cm³/mol. The lowest BCUT2D eigenvalue weighted by atomic mass is 9.83. The van der Waals surface area contributed by atoms with Crippen LogP contribution in [0.5, 0.6) is 0 Å². The molecule has 0 amide bonds. The Bertz CT molecular complexity index is 506. The second kappa shape index (κ2) is 5.93. The largest absolute Gasteiger partial charge is 0.224 e. The van der Waals surface area contributed by atoms with Crippen LogP contribution in [0, 0.1) is 11.3 Å². The van der Waals surface area contributed by atoms with Crippen LogP contribution in [0.1, 0.15) is 20.8 Å². The number of alkyl halides is 1. The van der Waals surface area contributed by atoms with Crippen molar-refractivity contribution in [3.63, 3.8) is 0 Å². The van der Waals surface area contributed by atoms with Gasteiger partial charge in [-0.3, -0.25) is 0 Å². The predicted octanol–water partition coefficient (Wildman–Crippen LogP) is 4.17. The van der Waals surface area contributed by atoms with Gasteiger partial charge in [0.25, 0.3) is 0 Å². The SMILES string of the molecule is CC(C)(C)C(CBr)CS(=O)(=O)c1cccc(Cl)c1. The summed E-state index contributed by atoms with van der Waals surface area (Å²) in [6.07, 6.45) is 0. The molecule has 1 aromatic carbocycles. The van der Waals surface area contributed by atoms with E-state index in [9.17, 15) is 8.42 Å². The summed E-state index contributed by atoms with van der Waals surface area (Å²) in [4.78, 5) is 0.296. The third kappa shape index (κ3) is 4.25. The summed E-state index contributed by atoms with van der Waals surface area (Å²) in [6.45, 7) is 6.14. The van der Waals surface area contributed by atoms with Gasteiger partial charge in [-0.05, 0) is 29.5 Å².